The third-order valence-corrected chi connectivity index (χ3v) is 3.01. The second-order valence-electron chi connectivity index (χ2n) is 3.86. The maximum absolute atomic E-state index is 11.7. The zero-order valence-corrected chi connectivity index (χ0v) is 11.9. The van der Waals surface area contributed by atoms with Crippen LogP contribution in [0, 0.1) is 0 Å². The van der Waals surface area contributed by atoms with Crippen LogP contribution >= 0.6 is 15.9 Å². The Balaban J connectivity index is 2.06. The molecule has 1 aromatic carbocycles. The number of pyridine rings is 1. The number of nitrogens with zero attached hydrogens (tertiary/aromatic N) is 2. The molecule has 0 bridgehead atoms. The van der Waals surface area contributed by atoms with Crippen molar-refractivity contribution in [2.45, 2.75) is 6.92 Å². The number of amides is 1. The quantitative estimate of drug-likeness (QED) is 0.699. The van der Waals surface area contributed by atoms with Crippen LogP contribution in [0.3, 0.4) is 0 Å². The van der Waals surface area contributed by atoms with E-state index in [1.807, 2.05) is 31.2 Å². The van der Waals surface area contributed by atoms with Gasteiger partial charge in [-0.15, -0.1) is 0 Å². The van der Waals surface area contributed by atoms with Crippen LogP contribution in [0.2, 0.25) is 0 Å². The van der Waals surface area contributed by atoms with Gasteiger partial charge in [-0.1, -0.05) is 34.1 Å². The van der Waals surface area contributed by atoms with E-state index in [1.165, 1.54) is 0 Å². The van der Waals surface area contributed by atoms with Crippen molar-refractivity contribution in [1.82, 2.24) is 10.4 Å². The number of hydrazone groups is 1. The molecule has 0 radical (unpaired) electrons. The summed E-state index contributed by atoms with van der Waals surface area (Å²) in [4.78, 5) is 15.7. The number of benzene rings is 1. The van der Waals surface area contributed by atoms with Crippen molar-refractivity contribution in [2.75, 3.05) is 0 Å². The van der Waals surface area contributed by atoms with E-state index in [0.29, 0.717) is 5.69 Å². The number of nitrogens with one attached hydrogen (secondary N) is 1. The first-order valence-electron chi connectivity index (χ1n) is 5.68. The molecule has 0 fully saturated rings. The van der Waals surface area contributed by atoms with E-state index < -0.39 is 0 Å². The van der Waals surface area contributed by atoms with Gasteiger partial charge in [0.2, 0.25) is 0 Å². The highest BCUT2D eigenvalue weighted by Gasteiger charge is 2.05. The van der Waals surface area contributed by atoms with Gasteiger partial charge in [-0.2, -0.15) is 5.10 Å². The number of carbonyl (C=O) groups excluding carboxylic acids is 1. The molecular weight excluding hydrogens is 306 g/mol. The van der Waals surface area contributed by atoms with Gasteiger partial charge in [0.05, 0.1) is 5.71 Å². The topological polar surface area (TPSA) is 54.4 Å². The summed E-state index contributed by atoms with van der Waals surface area (Å²) >= 11 is 3.37. The second-order valence-corrected chi connectivity index (χ2v) is 4.78. The van der Waals surface area contributed by atoms with Crippen LogP contribution in [0.1, 0.15) is 23.0 Å². The second kappa shape index (κ2) is 6.24. The van der Waals surface area contributed by atoms with Gasteiger partial charge < -0.3 is 0 Å². The molecule has 1 amide bonds. The molecule has 2 rings (SSSR count). The van der Waals surface area contributed by atoms with E-state index in [4.69, 9.17) is 0 Å². The number of hydrogen-bond donors (Lipinski definition) is 1. The lowest BCUT2D eigenvalue weighted by Crippen LogP contribution is -2.20. The first-order valence-corrected chi connectivity index (χ1v) is 6.48. The lowest BCUT2D eigenvalue weighted by atomic mass is 10.1. The third kappa shape index (κ3) is 3.72. The van der Waals surface area contributed by atoms with Crippen molar-refractivity contribution in [1.29, 1.82) is 0 Å². The smallest absolute Gasteiger partial charge is 0.266 e. The standard InChI is InChI=1S/C14H12BrN3O/c1-10(11-5-7-12(15)8-6-11)17-18-14(19)13-4-2-3-9-16-13/h2-9H,1H3,(H,18,19)/b17-10-. The summed E-state index contributed by atoms with van der Waals surface area (Å²) in [5.74, 6) is -0.322. The zero-order chi connectivity index (χ0) is 13.7. The summed E-state index contributed by atoms with van der Waals surface area (Å²) < 4.78 is 1.00. The molecule has 96 valence electrons. The number of carbonyl (C=O) groups is 1. The van der Waals surface area contributed by atoms with Crippen LogP contribution in [0.4, 0.5) is 0 Å². The first-order chi connectivity index (χ1) is 9.16. The first kappa shape index (κ1) is 13.4. The van der Waals surface area contributed by atoms with Crippen molar-refractivity contribution in [3.63, 3.8) is 0 Å². The third-order valence-electron chi connectivity index (χ3n) is 2.48. The highest BCUT2D eigenvalue weighted by molar-refractivity contribution is 9.10. The van der Waals surface area contributed by atoms with Gasteiger partial charge in [-0.3, -0.25) is 9.78 Å². The van der Waals surface area contributed by atoms with Crippen molar-refractivity contribution in [3.05, 3.63) is 64.4 Å². The molecule has 0 aliphatic rings. The van der Waals surface area contributed by atoms with Gasteiger partial charge in [-0.25, -0.2) is 5.43 Å². The van der Waals surface area contributed by atoms with Gasteiger partial charge in [0.25, 0.3) is 5.91 Å². The Labute approximate surface area is 119 Å². The van der Waals surface area contributed by atoms with Crippen molar-refractivity contribution in [3.8, 4) is 0 Å². The number of hydrogen-bond acceptors (Lipinski definition) is 3. The van der Waals surface area contributed by atoms with E-state index in [1.54, 1.807) is 24.4 Å². The molecule has 1 N–H and O–H groups in total. The van der Waals surface area contributed by atoms with Crippen LogP contribution in [-0.2, 0) is 0 Å². The lowest BCUT2D eigenvalue weighted by Gasteiger charge is -2.02. The van der Waals surface area contributed by atoms with Crippen LogP contribution in [0.15, 0.2) is 58.2 Å². The normalized spacial score (nSPS) is 11.2. The predicted octanol–water partition coefficient (Wildman–Crippen LogP) is 3.00. The predicted molar refractivity (Wildman–Crippen MR) is 78.1 cm³/mol. The molecule has 19 heavy (non-hydrogen) atoms. The SMILES string of the molecule is C/C(=N/NC(=O)c1ccccn1)c1ccc(Br)cc1. The maximum Gasteiger partial charge on any atom is 0.289 e. The molecule has 0 spiro atoms. The van der Waals surface area contributed by atoms with Gasteiger partial charge in [0, 0.05) is 10.7 Å². The number of aromatic nitrogens is 1. The summed E-state index contributed by atoms with van der Waals surface area (Å²) in [5.41, 5.74) is 4.51. The molecule has 0 atom stereocenters. The summed E-state index contributed by atoms with van der Waals surface area (Å²) in [7, 11) is 0. The summed E-state index contributed by atoms with van der Waals surface area (Å²) in [6.45, 7) is 1.84. The van der Waals surface area contributed by atoms with E-state index in [2.05, 4.69) is 31.4 Å². The minimum Gasteiger partial charge on any atom is -0.266 e. The van der Waals surface area contributed by atoms with Gasteiger partial charge in [-0.05, 0) is 36.8 Å². The van der Waals surface area contributed by atoms with Crippen molar-refractivity contribution < 1.29 is 4.79 Å². The Morgan fingerprint density at radius 1 is 1.21 bits per heavy atom. The molecule has 0 saturated carbocycles. The number of halogens is 1. The fourth-order valence-corrected chi connectivity index (χ4v) is 1.71. The van der Waals surface area contributed by atoms with Crippen molar-refractivity contribution >= 4 is 27.5 Å². The van der Waals surface area contributed by atoms with Gasteiger partial charge >= 0.3 is 0 Å². The van der Waals surface area contributed by atoms with Crippen LogP contribution in [-0.4, -0.2) is 16.6 Å². The molecule has 1 heterocycles. The van der Waals surface area contributed by atoms with Crippen LogP contribution in [0.25, 0.3) is 0 Å². The van der Waals surface area contributed by atoms with E-state index >= 15 is 0 Å². The Morgan fingerprint density at radius 3 is 2.58 bits per heavy atom. The Morgan fingerprint density at radius 2 is 1.95 bits per heavy atom. The molecule has 0 aliphatic carbocycles. The minimum atomic E-state index is -0.322. The highest BCUT2D eigenvalue weighted by Crippen LogP contribution is 2.11. The van der Waals surface area contributed by atoms with E-state index in [9.17, 15) is 4.79 Å². The maximum atomic E-state index is 11.7. The average Bonchev–Trinajstić information content (AvgIpc) is 2.46. The molecule has 4 nitrogen and oxygen atoms in total. The average molecular weight is 318 g/mol. The Kier molecular flexibility index (Phi) is 4.41. The molecule has 5 heteroatoms. The van der Waals surface area contributed by atoms with Crippen molar-refractivity contribution in [2.24, 2.45) is 5.10 Å². The lowest BCUT2D eigenvalue weighted by molar-refractivity contribution is 0.0950. The summed E-state index contributed by atoms with van der Waals surface area (Å²) in [5, 5.41) is 4.06. The van der Waals surface area contributed by atoms with E-state index in [0.717, 1.165) is 15.7 Å². The minimum absolute atomic E-state index is 0.322. The van der Waals surface area contributed by atoms with Crippen LogP contribution < -0.4 is 5.43 Å². The summed E-state index contributed by atoms with van der Waals surface area (Å²) in [6.07, 6.45) is 1.57. The fraction of sp³-hybridized carbons (Fsp3) is 0.0714. The van der Waals surface area contributed by atoms with Crippen LogP contribution in [0.5, 0.6) is 0 Å². The van der Waals surface area contributed by atoms with Gasteiger partial charge in [0.15, 0.2) is 0 Å². The molecule has 0 unspecified atom stereocenters. The molecule has 2 aromatic rings. The molecule has 0 saturated heterocycles. The highest BCUT2D eigenvalue weighted by atomic mass is 79.9. The molecule has 1 aromatic heterocycles. The number of rotatable bonds is 3. The zero-order valence-electron chi connectivity index (χ0n) is 10.3. The largest absolute Gasteiger partial charge is 0.289 e. The monoisotopic (exact) mass is 317 g/mol. The summed E-state index contributed by atoms with van der Waals surface area (Å²) in [6, 6.07) is 12.9. The molecular formula is C14H12BrN3O. The van der Waals surface area contributed by atoms with Gasteiger partial charge in [0.1, 0.15) is 5.69 Å². The molecule has 0 aliphatic heterocycles. The van der Waals surface area contributed by atoms with E-state index in [-0.39, 0.29) is 5.91 Å². The Hall–Kier alpha value is -2.01. The fourth-order valence-electron chi connectivity index (χ4n) is 1.44. The Bertz CT molecular complexity index is 594.